The van der Waals surface area contributed by atoms with Crippen molar-refractivity contribution in [2.24, 2.45) is 4.99 Å². The van der Waals surface area contributed by atoms with Crippen molar-refractivity contribution >= 4 is 44.3 Å². The molecule has 18 heavy (non-hydrogen) atoms. The van der Waals surface area contributed by atoms with Crippen molar-refractivity contribution in [2.45, 2.75) is 12.1 Å². The van der Waals surface area contributed by atoms with Crippen LogP contribution in [-0.4, -0.2) is 39.7 Å². The van der Waals surface area contributed by atoms with Crippen LogP contribution in [0, 0.1) is 0 Å². The van der Waals surface area contributed by atoms with Gasteiger partial charge in [-0.2, -0.15) is 9.97 Å². The van der Waals surface area contributed by atoms with Gasteiger partial charge in [0.2, 0.25) is 0 Å². The maximum Gasteiger partial charge on any atom is 0.344 e. The third-order valence-electron chi connectivity index (χ3n) is 3.03. The first-order valence-corrected chi connectivity index (χ1v) is 7.84. The molecule has 0 bridgehead atoms. The van der Waals surface area contributed by atoms with Gasteiger partial charge in [-0.15, -0.1) is 0 Å². The lowest BCUT2D eigenvalue weighted by Gasteiger charge is -2.27. The molecule has 0 saturated heterocycles. The molecule has 0 aliphatic carbocycles. The van der Waals surface area contributed by atoms with Crippen molar-refractivity contribution in [3.8, 4) is 0 Å². The first-order valence-electron chi connectivity index (χ1n) is 5.49. The number of anilines is 1. The zero-order valence-corrected chi connectivity index (χ0v) is 12.4. The second-order valence-corrected chi connectivity index (χ2v) is 6.21. The zero-order valence-electron chi connectivity index (χ0n) is 9.97. The van der Waals surface area contributed by atoms with E-state index in [0.717, 1.165) is 40.4 Å². The smallest absolute Gasteiger partial charge is 0.344 e. The van der Waals surface area contributed by atoms with Crippen molar-refractivity contribution in [3.05, 3.63) is 16.2 Å². The summed E-state index contributed by atoms with van der Waals surface area (Å²) in [6.07, 6.45) is 3.33. The molecule has 3 heterocycles. The van der Waals surface area contributed by atoms with Crippen LogP contribution >= 0.6 is 15.9 Å². The van der Waals surface area contributed by atoms with E-state index in [0.29, 0.717) is 5.16 Å². The second-order valence-electron chi connectivity index (χ2n) is 4.14. The molecule has 2 aliphatic heterocycles. The van der Waals surface area contributed by atoms with Gasteiger partial charge in [0.05, 0.1) is 11.0 Å². The standard InChI is InChI=1S/C11H11BrN4OS/c1-6-7-5-14-11(18(2)17)15-9(7)16-4-3-13-10(16)8(6)12/h5H,3-4H2,1-2H3. The normalized spacial score (nSPS) is 19.6. The van der Waals surface area contributed by atoms with Crippen LogP contribution in [0.1, 0.15) is 12.5 Å². The summed E-state index contributed by atoms with van der Waals surface area (Å²) >= 11 is 2.40. The van der Waals surface area contributed by atoms with Crippen molar-refractivity contribution in [1.82, 2.24) is 9.97 Å². The Hall–Kier alpha value is -0.920. The van der Waals surface area contributed by atoms with Crippen LogP contribution in [0.3, 0.4) is 0 Å². The fraction of sp³-hybridized carbons (Fsp3) is 0.364. The molecule has 2 aliphatic rings. The van der Waals surface area contributed by atoms with Gasteiger partial charge in [-0.1, -0.05) is 0 Å². The maximum absolute atomic E-state index is 11.5. The van der Waals surface area contributed by atoms with Gasteiger partial charge in [0.15, 0.2) is 0 Å². The Bertz CT molecular complexity index is 584. The van der Waals surface area contributed by atoms with Gasteiger partial charge in [0.25, 0.3) is 0 Å². The molecule has 5 nitrogen and oxygen atoms in total. The number of fused-ring (bicyclic) bond motifs is 3. The van der Waals surface area contributed by atoms with Gasteiger partial charge < -0.3 is 9.45 Å². The Balaban J connectivity index is 2.21. The molecule has 0 saturated carbocycles. The highest BCUT2D eigenvalue weighted by atomic mass is 79.9. The van der Waals surface area contributed by atoms with Gasteiger partial charge in [0.1, 0.15) is 17.9 Å². The highest BCUT2D eigenvalue weighted by Crippen LogP contribution is 2.38. The first-order chi connectivity index (χ1) is 8.59. The minimum absolute atomic E-state index is 0.367. The van der Waals surface area contributed by atoms with Crippen LogP contribution in [0.25, 0.3) is 5.57 Å². The first kappa shape index (κ1) is 12.1. The topological polar surface area (TPSA) is 64.4 Å². The minimum atomic E-state index is -1.17. The molecule has 1 aromatic heterocycles. The molecule has 0 N–H and O–H groups in total. The SMILES string of the molecule is CC1=C(Br)C2=NCCN2c2nc([S+](C)[O-])ncc21. The monoisotopic (exact) mass is 326 g/mol. The quantitative estimate of drug-likeness (QED) is 0.580. The Labute approximate surface area is 116 Å². The van der Waals surface area contributed by atoms with E-state index in [1.807, 2.05) is 11.8 Å². The summed E-state index contributed by atoms with van der Waals surface area (Å²) in [7, 11) is 0. The van der Waals surface area contributed by atoms with Crippen molar-refractivity contribution < 1.29 is 4.55 Å². The summed E-state index contributed by atoms with van der Waals surface area (Å²) in [5.41, 5.74) is 2.03. The lowest BCUT2D eigenvalue weighted by Crippen LogP contribution is -2.33. The van der Waals surface area contributed by atoms with Crippen molar-refractivity contribution in [2.75, 3.05) is 24.2 Å². The van der Waals surface area contributed by atoms with Crippen molar-refractivity contribution in [3.63, 3.8) is 0 Å². The van der Waals surface area contributed by atoms with Gasteiger partial charge in [-0.05, 0) is 28.4 Å². The Morgan fingerprint density at radius 2 is 2.28 bits per heavy atom. The Morgan fingerprint density at radius 3 is 3.00 bits per heavy atom. The second kappa shape index (κ2) is 4.32. The van der Waals surface area contributed by atoms with Crippen LogP contribution in [0.4, 0.5) is 5.82 Å². The molecule has 0 fully saturated rings. The number of aromatic nitrogens is 2. The predicted octanol–water partition coefficient (Wildman–Crippen LogP) is 1.57. The summed E-state index contributed by atoms with van der Waals surface area (Å²) in [4.78, 5) is 15.1. The van der Waals surface area contributed by atoms with Crippen LogP contribution in [0.5, 0.6) is 0 Å². The fourth-order valence-corrected chi connectivity index (χ4v) is 3.06. The van der Waals surface area contributed by atoms with Crippen LogP contribution in [-0.2, 0) is 11.2 Å². The highest BCUT2D eigenvalue weighted by molar-refractivity contribution is 9.12. The molecule has 1 atom stereocenters. The van der Waals surface area contributed by atoms with Crippen LogP contribution in [0.15, 0.2) is 20.8 Å². The van der Waals surface area contributed by atoms with E-state index in [4.69, 9.17) is 0 Å². The molecular formula is C11H11BrN4OS. The van der Waals surface area contributed by atoms with Crippen molar-refractivity contribution in [1.29, 1.82) is 0 Å². The number of hydrogen-bond acceptors (Lipinski definition) is 5. The number of amidine groups is 1. The van der Waals surface area contributed by atoms with Gasteiger partial charge in [-0.3, -0.25) is 4.99 Å². The largest absolute Gasteiger partial charge is 0.609 e. The van der Waals surface area contributed by atoms with E-state index >= 15 is 0 Å². The van der Waals surface area contributed by atoms with E-state index in [2.05, 4.69) is 30.9 Å². The molecule has 7 heteroatoms. The fourth-order valence-electron chi connectivity index (χ4n) is 2.09. The molecule has 1 unspecified atom stereocenters. The summed E-state index contributed by atoms with van der Waals surface area (Å²) in [5, 5.41) is 0.367. The van der Waals surface area contributed by atoms with E-state index in [9.17, 15) is 4.55 Å². The molecule has 1 aromatic rings. The van der Waals surface area contributed by atoms with E-state index in [1.165, 1.54) is 0 Å². The number of halogens is 1. The van der Waals surface area contributed by atoms with E-state index < -0.39 is 11.2 Å². The number of rotatable bonds is 1. The van der Waals surface area contributed by atoms with Crippen LogP contribution in [0.2, 0.25) is 0 Å². The number of hydrogen-bond donors (Lipinski definition) is 0. The average molecular weight is 327 g/mol. The summed E-state index contributed by atoms with van der Waals surface area (Å²) in [6.45, 7) is 3.57. The number of allylic oxidation sites excluding steroid dienone is 1. The maximum atomic E-state index is 11.5. The van der Waals surface area contributed by atoms with Gasteiger partial charge >= 0.3 is 5.16 Å². The predicted molar refractivity (Wildman–Crippen MR) is 75.5 cm³/mol. The third kappa shape index (κ3) is 1.69. The number of aliphatic imine (C=N–C) groups is 1. The molecule has 0 aromatic carbocycles. The molecular weight excluding hydrogens is 316 g/mol. The number of nitrogens with zero attached hydrogens (tertiary/aromatic N) is 4. The molecule has 0 amide bonds. The highest BCUT2D eigenvalue weighted by Gasteiger charge is 2.32. The zero-order chi connectivity index (χ0) is 12.9. The van der Waals surface area contributed by atoms with Gasteiger partial charge in [-0.25, -0.2) is 0 Å². The summed E-state index contributed by atoms with van der Waals surface area (Å²) in [5.74, 6) is 1.72. The molecule has 0 radical (unpaired) electrons. The Kier molecular flexibility index (Phi) is 2.91. The van der Waals surface area contributed by atoms with E-state index in [-0.39, 0.29) is 0 Å². The minimum Gasteiger partial charge on any atom is -0.609 e. The van der Waals surface area contributed by atoms with E-state index in [1.54, 1.807) is 12.5 Å². The lowest BCUT2D eigenvalue weighted by atomic mass is 10.1. The lowest BCUT2D eigenvalue weighted by molar-refractivity contribution is 0.592. The Morgan fingerprint density at radius 1 is 1.50 bits per heavy atom. The third-order valence-corrected chi connectivity index (χ3v) is 4.69. The molecule has 94 valence electrons. The molecule has 3 rings (SSSR count). The van der Waals surface area contributed by atoms with Gasteiger partial charge in [0, 0.05) is 29.5 Å². The van der Waals surface area contributed by atoms with Crippen LogP contribution < -0.4 is 4.90 Å². The summed E-state index contributed by atoms with van der Waals surface area (Å²) < 4.78 is 12.5. The molecule has 0 spiro atoms. The average Bonchev–Trinajstić information content (AvgIpc) is 2.84. The summed E-state index contributed by atoms with van der Waals surface area (Å²) in [6, 6.07) is 0.